The summed E-state index contributed by atoms with van der Waals surface area (Å²) in [6, 6.07) is 15.0. The molecule has 3 rings (SSSR count). The topological polar surface area (TPSA) is 81.5 Å². The minimum Gasteiger partial charge on any atom is -0.496 e. The minimum absolute atomic E-state index is 0.0855. The molecule has 0 bridgehead atoms. The maximum Gasteiger partial charge on any atom is 0.271 e. The lowest BCUT2D eigenvalue weighted by Gasteiger charge is -2.12. The Balaban J connectivity index is 1.96. The molecule has 3 aromatic rings. The molecule has 1 amide bonds. The second-order valence-corrected chi connectivity index (χ2v) is 5.68. The number of nitrogens with zero attached hydrogens (tertiary/aromatic N) is 1. The number of rotatable bonds is 4. The number of non-ortho nitro benzene ring substituents is 1. The van der Waals surface area contributed by atoms with E-state index in [1.165, 1.54) is 25.3 Å². The van der Waals surface area contributed by atoms with E-state index in [0.29, 0.717) is 11.3 Å². The molecule has 7 heteroatoms. The van der Waals surface area contributed by atoms with Gasteiger partial charge in [-0.1, -0.05) is 35.9 Å². The molecule has 0 aliphatic carbocycles. The van der Waals surface area contributed by atoms with Gasteiger partial charge in [0.25, 0.3) is 11.6 Å². The van der Waals surface area contributed by atoms with Crippen LogP contribution in [-0.4, -0.2) is 17.9 Å². The number of nitrogens with one attached hydrogen (secondary N) is 1. The van der Waals surface area contributed by atoms with E-state index in [9.17, 15) is 14.9 Å². The van der Waals surface area contributed by atoms with E-state index in [0.717, 1.165) is 10.8 Å². The molecule has 0 aliphatic heterocycles. The van der Waals surface area contributed by atoms with Crippen molar-refractivity contribution >= 4 is 39.7 Å². The Bertz CT molecular complexity index is 988. The molecule has 0 atom stereocenters. The van der Waals surface area contributed by atoms with Crippen molar-refractivity contribution in [1.29, 1.82) is 0 Å². The number of ether oxygens (including phenoxy) is 1. The molecule has 3 aromatic carbocycles. The highest BCUT2D eigenvalue weighted by atomic mass is 35.5. The van der Waals surface area contributed by atoms with Gasteiger partial charge in [-0.25, -0.2) is 0 Å². The second kappa shape index (κ2) is 6.78. The maximum atomic E-state index is 12.6. The Morgan fingerprint density at radius 1 is 1.12 bits per heavy atom. The number of nitro groups is 1. The summed E-state index contributed by atoms with van der Waals surface area (Å²) in [5.74, 6) is 0.00703. The molecule has 0 unspecified atom stereocenters. The molecule has 0 aromatic heterocycles. The number of hydrogen-bond donors (Lipinski definition) is 1. The minimum atomic E-state index is -0.552. The second-order valence-electron chi connectivity index (χ2n) is 5.28. The fourth-order valence-corrected chi connectivity index (χ4v) is 2.70. The smallest absolute Gasteiger partial charge is 0.271 e. The van der Waals surface area contributed by atoms with Gasteiger partial charge in [-0.2, -0.15) is 0 Å². The first-order valence-electron chi connectivity index (χ1n) is 7.31. The van der Waals surface area contributed by atoms with Crippen molar-refractivity contribution in [2.75, 3.05) is 12.4 Å². The maximum absolute atomic E-state index is 12.6. The highest BCUT2D eigenvalue weighted by Gasteiger charge is 2.16. The van der Waals surface area contributed by atoms with Crippen LogP contribution in [0.2, 0.25) is 5.02 Å². The van der Waals surface area contributed by atoms with Gasteiger partial charge in [0.05, 0.1) is 28.3 Å². The molecular weight excluding hydrogens is 344 g/mol. The number of hydrogen-bond acceptors (Lipinski definition) is 4. The van der Waals surface area contributed by atoms with Crippen LogP contribution in [0.25, 0.3) is 10.8 Å². The van der Waals surface area contributed by atoms with Crippen LogP contribution >= 0.6 is 11.6 Å². The summed E-state index contributed by atoms with van der Waals surface area (Å²) < 4.78 is 5.31. The van der Waals surface area contributed by atoms with Crippen LogP contribution in [0.1, 0.15) is 10.4 Å². The molecule has 0 saturated carbocycles. The first-order chi connectivity index (χ1) is 12.0. The van der Waals surface area contributed by atoms with E-state index in [1.54, 1.807) is 12.1 Å². The van der Waals surface area contributed by atoms with Crippen molar-refractivity contribution in [3.63, 3.8) is 0 Å². The van der Waals surface area contributed by atoms with Crippen LogP contribution < -0.4 is 10.1 Å². The molecule has 0 spiro atoms. The molecule has 6 nitrogen and oxygen atoms in total. The van der Waals surface area contributed by atoms with Gasteiger partial charge in [-0.15, -0.1) is 0 Å². The summed E-state index contributed by atoms with van der Waals surface area (Å²) in [5.41, 5.74) is 0.481. The summed E-state index contributed by atoms with van der Waals surface area (Å²) in [7, 11) is 1.49. The summed E-state index contributed by atoms with van der Waals surface area (Å²) in [6.45, 7) is 0. The standard InChI is InChI=1S/C18H13ClN2O4/c1-25-17-9-12-5-3-2-4-11(12)8-14(17)18(22)20-16-7-6-13(21(23)24)10-15(16)19/h2-10H,1H3,(H,20,22). The zero-order valence-corrected chi connectivity index (χ0v) is 13.9. The molecule has 1 N–H and O–H groups in total. The van der Waals surface area contributed by atoms with Gasteiger partial charge in [0.1, 0.15) is 5.75 Å². The average molecular weight is 357 g/mol. The SMILES string of the molecule is COc1cc2ccccc2cc1C(=O)Nc1ccc([N+](=O)[O-])cc1Cl. The summed E-state index contributed by atoms with van der Waals surface area (Å²) in [4.78, 5) is 22.8. The van der Waals surface area contributed by atoms with Gasteiger partial charge < -0.3 is 10.1 Å². The van der Waals surface area contributed by atoms with Crippen LogP contribution in [-0.2, 0) is 0 Å². The lowest BCUT2D eigenvalue weighted by molar-refractivity contribution is -0.384. The first kappa shape index (κ1) is 16.7. The molecule has 0 heterocycles. The van der Waals surface area contributed by atoms with Crippen molar-refractivity contribution in [2.45, 2.75) is 0 Å². The quantitative estimate of drug-likeness (QED) is 0.544. The molecule has 0 aliphatic rings. The molecular formula is C18H13ClN2O4. The largest absolute Gasteiger partial charge is 0.496 e. The Labute approximate surface area is 148 Å². The van der Waals surface area contributed by atoms with E-state index in [-0.39, 0.29) is 16.4 Å². The lowest BCUT2D eigenvalue weighted by Crippen LogP contribution is -2.13. The van der Waals surface area contributed by atoms with Crippen LogP contribution in [0.3, 0.4) is 0 Å². The Hall–Kier alpha value is -3.12. The van der Waals surface area contributed by atoms with Crippen molar-refractivity contribution < 1.29 is 14.5 Å². The van der Waals surface area contributed by atoms with Crippen molar-refractivity contribution in [2.24, 2.45) is 0 Å². The summed E-state index contributed by atoms with van der Waals surface area (Å²) in [6.07, 6.45) is 0. The predicted molar refractivity (Wildman–Crippen MR) is 96.6 cm³/mol. The normalized spacial score (nSPS) is 10.5. The third kappa shape index (κ3) is 3.39. The lowest BCUT2D eigenvalue weighted by atomic mass is 10.1. The number of benzene rings is 3. The van der Waals surface area contributed by atoms with Gasteiger partial charge >= 0.3 is 0 Å². The van der Waals surface area contributed by atoms with Gasteiger partial charge in [0, 0.05) is 12.1 Å². The number of carbonyl (C=O) groups excluding carboxylic acids is 1. The van der Waals surface area contributed by atoms with E-state index < -0.39 is 10.8 Å². The summed E-state index contributed by atoms with van der Waals surface area (Å²) >= 11 is 6.02. The Morgan fingerprint density at radius 2 is 1.80 bits per heavy atom. The Morgan fingerprint density at radius 3 is 2.40 bits per heavy atom. The van der Waals surface area contributed by atoms with Crippen LogP contribution in [0, 0.1) is 10.1 Å². The molecule has 0 radical (unpaired) electrons. The van der Waals surface area contributed by atoms with Crippen molar-refractivity contribution in [1.82, 2.24) is 0 Å². The molecule has 0 saturated heterocycles. The number of amides is 1. The van der Waals surface area contributed by atoms with Gasteiger partial charge in [0.2, 0.25) is 0 Å². The average Bonchev–Trinajstić information content (AvgIpc) is 2.61. The Kier molecular flexibility index (Phi) is 4.54. The van der Waals surface area contributed by atoms with E-state index >= 15 is 0 Å². The predicted octanol–water partition coefficient (Wildman–Crippen LogP) is 4.66. The number of fused-ring (bicyclic) bond motifs is 1. The number of nitro benzene ring substituents is 1. The van der Waals surface area contributed by atoms with Crippen LogP contribution in [0.5, 0.6) is 5.75 Å². The van der Waals surface area contributed by atoms with Crippen LogP contribution in [0.4, 0.5) is 11.4 Å². The third-order valence-electron chi connectivity index (χ3n) is 3.72. The number of methoxy groups -OCH3 is 1. The monoisotopic (exact) mass is 356 g/mol. The van der Waals surface area contributed by atoms with Crippen molar-refractivity contribution in [3.05, 3.63) is 75.3 Å². The highest BCUT2D eigenvalue weighted by molar-refractivity contribution is 6.34. The highest BCUT2D eigenvalue weighted by Crippen LogP contribution is 2.30. The third-order valence-corrected chi connectivity index (χ3v) is 4.04. The fourth-order valence-electron chi connectivity index (χ4n) is 2.47. The molecule has 25 heavy (non-hydrogen) atoms. The van der Waals surface area contributed by atoms with E-state index in [4.69, 9.17) is 16.3 Å². The molecule has 126 valence electrons. The number of carbonyl (C=O) groups is 1. The number of anilines is 1. The van der Waals surface area contributed by atoms with Gasteiger partial charge in [-0.05, 0) is 29.0 Å². The molecule has 0 fully saturated rings. The first-order valence-corrected chi connectivity index (χ1v) is 7.69. The van der Waals surface area contributed by atoms with E-state index in [1.807, 2.05) is 24.3 Å². The zero-order chi connectivity index (χ0) is 18.0. The van der Waals surface area contributed by atoms with Gasteiger partial charge in [0.15, 0.2) is 0 Å². The fraction of sp³-hybridized carbons (Fsp3) is 0.0556. The summed E-state index contributed by atoms with van der Waals surface area (Å²) in [5, 5.41) is 15.3. The van der Waals surface area contributed by atoms with Gasteiger partial charge in [-0.3, -0.25) is 14.9 Å². The van der Waals surface area contributed by atoms with Crippen molar-refractivity contribution in [3.8, 4) is 5.75 Å². The van der Waals surface area contributed by atoms with Crippen LogP contribution in [0.15, 0.2) is 54.6 Å². The van der Waals surface area contributed by atoms with E-state index in [2.05, 4.69) is 5.32 Å². The number of halogens is 1. The zero-order valence-electron chi connectivity index (χ0n) is 13.2.